The highest BCUT2D eigenvalue weighted by Gasteiger charge is 2.17. The zero-order chi connectivity index (χ0) is 25.8. The predicted molar refractivity (Wildman–Crippen MR) is 151 cm³/mol. The number of ether oxygens (including phenoxy) is 2. The number of unbranched alkanes of at least 4 members (excludes halogenated alkanes) is 11. The molecule has 1 unspecified atom stereocenters. The van der Waals surface area contributed by atoms with Gasteiger partial charge in [0.2, 0.25) is 5.91 Å². The van der Waals surface area contributed by atoms with Crippen molar-refractivity contribution in [1.82, 2.24) is 10.2 Å². The molecule has 0 saturated carbocycles. The molecular formula is C31H50N2O3. The first-order valence-electron chi connectivity index (χ1n) is 14.4. The number of amides is 1. The van der Waals surface area contributed by atoms with Crippen molar-refractivity contribution in [3.63, 3.8) is 0 Å². The van der Waals surface area contributed by atoms with Gasteiger partial charge in [-0.15, -0.1) is 0 Å². The summed E-state index contributed by atoms with van der Waals surface area (Å²) in [5, 5.41) is 3.07. The summed E-state index contributed by atoms with van der Waals surface area (Å²) in [7, 11) is 1.64. The molecule has 0 spiro atoms. The van der Waals surface area contributed by atoms with Crippen molar-refractivity contribution in [3.05, 3.63) is 48.2 Å². The number of carbonyl (C=O) groups is 1. The van der Waals surface area contributed by atoms with E-state index in [-0.39, 0.29) is 18.4 Å². The number of hydrogen-bond donors (Lipinski definition) is 1. The van der Waals surface area contributed by atoms with E-state index in [9.17, 15) is 4.79 Å². The van der Waals surface area contributed by atoms with Crippen molar-refractivity contribution < 1.29 is 14.3 Å². The fourth-order valence-corrected chi connectivity index (χ4v) is 4.72. The third kappa shape index (κ3) is 11.5. The number of para-hydroxylation sites is 1. The number of methoxy groups -OCH3 is 1. The van der Waals surface area contributed by atoms with E-state index < -0.39 is 0 Å². The van der Waals surface area contributed by atoms with Crippen LogP contribution in [0.15, 0.2) is 42.6 Å². The topological polar surface area (TPSA) is 50.8 Å². The lowest BCUT2D eigenvalue weighted by atomic mass is 10.1. The van der Waals surface area contributed by atoms with Crippen molar-refractivity contribution in [3.8, 4) is 11.5 Å². The molecule has 1 heterocycles. The molecule has 5 heteroatoms. The SMILES string of the molecule is CCCCCCCCCCCCCCOc1cccc(CC(=O)NCC2C=CC=CN2CC)c1OC. The van der Waals surface area contributed by atoms with Gasteiger partial charge in [0.05, 0.1) is 26.2 Å². The number of benzene rings is 1. The first kappa shape index (κ1) is 29.8. The number of likely N-dealkylation sites (N-methyl/N-ethyl adjacent to an activating group) is 1. The summed E-state index contributed by atoms with van der Waals surface area (Å²) in [4.78, 5) is 14.9. The fraction of sp³-hybridized carbons (Fsp3) is 0.645. The molecule has 0 bridgehead atoms. The monoisotopic (exact) mass is 498 g/mol. The van der Waals surface area contributed by atoms with Crippen LogP contribution in [-0.4, -0.2) is 43.7 Å². The molecule has 0 saturated heterocycles. The van der Waals surface area contributed by atoms with E-state index >= 15 is 0 Å². The van der Waals surface area contributed by atoms with Crippen molar-refractivity contribution in [2.75, 3.05) is 26.8 Å². The van der Waals surface area contributed by atoms with E-state index in [0.29, 0.717) is 18.9 Å². The average molecular weight is 499 g/mol. The van der Waals surface area contributed by atoms with Gasteiger partial charge in [0.25, 0.3) is 0 Å². The van der Waals surface area contributed by atoms with Gasteiger partial charge in [-0.2, -0.15) is 0 Å². The summed E-state index contributed by atoms with van der Waals surface area (Å²) in [5.74, 6) is 1.39. The number of rotatable bonds is 20. The van der Waals surface area contributed by atoms with Gasteiger partial charge in [-0.1, -0.05) is 102 Å². The van der Waals surface area contributed by atoms with Gasteiger partial charge < -0.3 is 19.7 Å². The van der Waals surface area contributed by atoms with E-state index in [2.05, 4.69) is 36.3 Å². The van der Waals surface area contributed by atoms with Crippen molar-refractivity contribution in [2.24, 2.45) is 0 Å². The predicted octanol–water partition coefficient (Wildman–Crippen LogP) is 7.21. The summed E-state index contributed by atoms with van der Waals surface area (Å²) >= 11 is 0. The maximum absolute atomic E-state index is 12.6. The van der Waals surface area contributed by atoms with E-state index in [4.69, 9.17) is 9.47 Å². The van der Waals surface area contributed by atoms with Crippen molar-refractivity contribution >= 4 is 5.91 Å². The molecule has 1 aromatic carbocycles. The Kier molecular flexibility index (Phi) is 15.5. The molecule has 5 nitrogen and oxygen atoms in total. The zero-order valence-corrected chi connectivity index (χ0v) is 23.1. The Morgan fingerprint density at radius 2 is 1.58 bits per heavy atom. The second kappa shape index (κ2) is 18.8. The minimum atomic E-state index is -0.00887. The number of nitrogens with zero attached hydrogens (tertiary/aromatic N) is 1. The van der Waals surface area contributed by atoms with E-state index in [1.54, 1.807) is 7.11 Å². The second-order valence-corrected chi connectivity index (χ2v) is 9.79. The third-order valence-electron chi connectivity index (χ3n) is 6.89. The molecule has 0 radical (unpaired) electrons. The lowest BCUT2D eigenvalue weighted by Gasteiger charge is -2.29. The summed E-state index contributed by atoms with van der Waals surface area (Å²) in [6, 6.07) is 6.00. The Hall–Kier alpha value is -2.43. The molecule has 1 N–H and O–H groups in total. The lowest BCUT2D eigenvalue weighted by molar-refractivity contribution is -0.120. The van der Waals surface area contributed by atoms with Crippen LogP contribution in [0.25, 0.3) is 0 Å². The standard InChI is InChI=1S/C31H50N2O3/c1-4-6-7-8-9-10-11-12-13-14-15-18-24-36-29-22-19-20-27(31(29)35-3)25-30(34)32-26-28-21-16-17-23-33(28)5-2/h16-17,19-23,28H,4-15,18,24-26H2,1-3H3,(H,32,34). The smallest absolute Gasteiger partial charge is 0.224 e. The molecule has 1 aromatic rings. The van der Waals surface area contributed by atoms with Gasteiger partial charge in [-0.3, -0.25) is 4.79 Å². The Bertz CT molecular complexity index is 790. The third-order valence-corrected chi connectivity index (χ3v) is 6.89. The minimum Gasteiger partial charge on any atom is -0.493 e. The first-order chi connectivity index (χ1) is 17.7. The van der Waals surface area contributed by atoms with Crippen LogP contribution in [0.5, 0.6) is 11.5 Å². The molecule has 202 valence electrons. The van der Waals surface area contributed by atoms with Gasteiger partial charge in [0.1, 0.15) is 0 Å². The van der Waals surface area contributed by atoms with E-state index in [1.165, 1.54) is 70.6 Å². The lowest BCUT2D eigenvalue weighted by Crippen LogP contribution is -2.41. The van der Waals surface area contributed by atoms with Gasteiger partial charge in [0.15, 0.2) is 11.5 Å². The van der Waals surface area contributed by atoms with Crippen LogP contribution in [0.4, 0.5) is 0 Å². The van der Waals surface area contributed by atoms with Crippen molar-refractivity contribution in [1.29, 1.82) is 0 Å². The first-order valence-corrected chi connectivity index (χ1v) is 14.4. The molecule has 0 aliphatic carbocycles. The van der Waals surface area contributed by atoms with E-state index in [1.807, 2.05) is 30.4 Å². The van der Waals surface area contributed by atoms with Gasteiger partial charge in [-0.25, -0.2) is 0 Å². The van der Waals surface area contributed by atoms with Crippen LogP contribution in [0, 0.1) is 0 Å². The highest BCUT2D eigenvalue weighted by molar-refractivity contribution is 5.79. The Morgan fingerprint density at radius 1 is 0.917 bits per heavy atom. The van der Waals surface area contributed by atoms with Crippen LogP contribution >= 0.6 is 0 Å². The Labute approximate surface area is 220 Å². The molecule has 2 rings (SSSR count). The number of allylic oxidation sites excluding steroid dienone is 2. The molecule has 1 aliphatic heterocycles. The van der Waals surface area contributed by atoms with Crippen LogP contribution in [0.1, 0.15) is 96.5 Å². The second-order valence-electron chi connectivity index (χ2n) is 9.79. The van der Waals surface area contributed by atoms with Gasteiger partial charge in [0, 0.05) is 18.7 Å². The maximum atomic E-state index is 12.6. The molecule has 36 heavy (non-hydrogen) atoms. The summed E-state index contributed by atoms with van der Waals surface area (Å²) in [6.07, 6.45) is 24.4. The minimum absolute atomic E-state index is 0.00887. The Balaban J connectivity index is 1.64. The van der Waals surface area contributed by atoms with Crippen LogP contribution in [0.3, 0.4) is 0 Å². The molecule has 1 aliphatic rings. The Morgan fingerprint density at radius 3 is 2.22 bits per heavy atom. The highest BCUT2D eigenvalue weighted by atomic mass is 16.5. The largest absolute Gasteiger partial charge is 0.493 e. The van der Waals surface area contributed by atoms with E-state index in [0.717, 1.165) is 24.3 Å². The number of carbonyl (C=O) groups excluding carboxylic acids is 1. The molecule has 0 fully saturated rings. The van der Waals surface area contributed by atoms with Crippen LogP contribution in [0.2, 0.25) is 0 Å². The highest BCUT2D eigenvalue weighted by Crippen LogP contribution is 2.31. The zero-order valence-electron chi connectivity index (χ0n) is 23.1. The summed E-state index contributed by atoms with van der Waals surface area (Å²) in [6.45, 7) is 6.57. The summed E-state index contributed by atoms with van der Waals surface area (Å²) in [5.41, 5.74) is 0.855. The van der Waals surface area contributed by atoms with Crippen LogP contribution in [-0.2, 0) is 11.2 Å². The average Bonchev–Trinajstić information content (AvgIpc) is 2.90. The normalized spacial score (nSPS) is 14.8. The maximum Gasteiger partial charge on any atom is 0.224 e. The molecule has 1 amide bonds. The fourth-order valence-electron chi connectivity index (χ4n) is 4.72. The van der Waals surface area contributed by atoms with Crippen LogP contribution < -0.4 is 14.8 Å². The van der Waals surface area contributed by atoms with Crippen molar-refractivity contribution in [2.45, 2.75) is 103 Å². The van der Waals surface area contributed by atoms with Gasteiger partial charge >= 0.3 is 0 Å². The summed E-state index contributed by atoms with van der Waals surface area (Å²) < 4.78 is 11.7. The molecule has 1 atom stereocenters. The quantitative estimate of drug-likeness (QED) is 0.193. The number of nitrogens with one attached hydrogen (secondary N) is 1. The molecular weight excluding hydrogens is 448 g/mol. The molecule has 0 aromatic heterocycles. The van der Waals surface area contributed by atoms with Gasteiger partial charge in [-0.05, 0) is 31.7 Å². The number of hydrogen-bond acceptors (Lipinski definition) is 4.